The van der Waals surface area contributed by atoms with Crippen LogP contribution in [0, 0.1) is 0 Å². The lowest BCUT2D eigenvalue weighted by Gasteiger charge is -2.38. The fraction of sp³-hybridized carbons (Fsp3) is 0.591. The molecule has 4 rings (SSSR count). The van der Waals surface area contributed by atoms with E-state index < -0.39 is 6.04 Å². The lowest BCUT2D eigenvalue weighted by Crippen LogP contribution is -2.56. The molecule has 0 radical (unpaired) electrons. The van der Waals surface area contributed by atoms with Crippen molar-refractivity contribution in [3.8, 4) is 0 Å². The molecule has 1 aromatic carbocycles. The molecular weight excluding hydrogens is 394 g/mol. The fourth-order valence-electron chi connectivity index (χ4n) is 4.54. The number of carbonyl (C=O) groups is 2. The first-order valence-corrected chi connectivity index (χ1v) is 11.2. The Morgan fingerprint density at radius 3 is 2.45 bits per heavy atom. The molecule has 2 heterocycles. The molecule has 1 aliphatic carbocycles. The van der Waals surface area contributed by atoms with Crippen molar-refractivity contribution in [2.45, 2.75) is 57.2 Å². The molecule has 1 aromatic heterocycles. The van der Waals surface area contributed by atoms with Gasteiger partial charge in [-0.3, -0.25) is 14.5 Å². The van der Waals surface area contributed by atoms with Gasteiger partial charge in [0.25, 0.3) is 0 Å². The van der Waals surface area contributed by atoms with Gasteiger partial charge in [0.05, 0.1) is 6.04 Å². The number of carbonyl (C=O) groups excluding carboxylic acids is 2. The van der Waals surface area contributed by atoms with Crippen LogP contribution >= 0.6 is 0 Å². The average molecular weight is 426 g/mol. The molecule has 1 N–H and O–H groups in total. The van der Waals surface area contributed by atoms with Crippen LogP contribution in [0.1, 0.15) is 44.2 Å². The monoisotopic (exact) mass is 425 g/mol. The van der Waals surface area contributed by atoms with Gasteiger partial charge in [0.1, 0.15) is 12.4 Å². The molecule has 2 unspecified atom stereocenters. The maximum Gasteiger partial charge on any atom is 0.248 e. The van der Waals surface area contributed by atoms with Gasteiger partial charge in [-0.2, -0.15) is 0 Å². The quantitative estimate of drug-likeness (QED) is 0.712. The zero-order valence-electron chi connectivity index (χ0n) is 18.1. The Labute approximate surface area is 182 Å². The third-order valence-corrected chi connectivity index (χ3v) is 6.50. The van der Waals surface area contributed by atoms with E-state index in [1.54, 1.807) is 4.68 Å². The summed E-state index contributed by atoms with van der Waals surface area (Å²) in [5, 5.41) is 14.6. The standard InChI is InChI=1S/C22H31N7O2/c1-17(21(30)24-19-9-5-6-10-19)27-11-13-28(14-12-27)22(31)20(29-16-23-25-26-29)15-18-7-3-2-4-8-18/h2-4,7-8,16-17,19-20H,5-6,9-15H2,1H3,(H,24,30). The Morgan fingerprint density at radius 2 is 1.81 bits per heavy atom. The summed E-state index contributed by atoms with van der Waals surface area (Å²) in [4.78, 5) is 30.0. The Bertz CT molecular complexity index is 844. The Morgan fingerprint density at radius 1 is 1.10 bits per heavy atom. The van der Waals surface area contributed by atoms with Crippen LogP contribution in [-0.2, 0) is 16.0 Å². The Balaban J connectivity index is 1.35. The van der Waals surface area contributed by atoms with Crippen LogP contribution in [0.5, 0.6) is 0 Å². The second-order valence-corrected chi connectivity index (χ2v) is 8.52. The number of hydrogen-bond donors (Lipinski definition) is 1. The maximum atomic E-state index is 13.4. The Hall–Kier alpha value is -2.81. The van der Waals surface area contributed by atoms with Crippen LogP contribution in [-0.4, -0.2) is 80.1 Å². The molecule has 2 aromatic rings. The van der Waals surface area contributed by atoms with Gasteiger partial charge in [0.15, 0.2) is 0 Å². The van der Waals surface area contributed by atoms with Crippen LogP contribution in [0.4, 0.5) is 0 Å². The molecule has 2 amide bonds. The topological polar surface area (TPSA) is 96.2 Å². The van der Waals surface area contributed by atoms with Crippen LogP contribution in [0.2, 0.25) is 0 Å². The molecule has 2 fully saturated rings. The second-order valence-electron chi connectivity index (χ2n) is 8.52. The summed E-state index contributed by atoms with van der Waals surface area (Å²) in [5.74, 6) is 0.112. The lowest BCUT2D eigenvalue weighted by atomic mass is 10.0. The van der Waals surface area contributed by atoms with Crippen molar-refractivity contribution < 1.29 is 9.59 Å². The highest BCUT2D eigenvalue weighted by Crippen LogP contribution is 2.20. The largest absolute Gasteiger partial charge is 0.352 e. The molecule has 1 saturated heterocycles. The van der Waals surface area contributed by atoms with Crippen molar-refractivity contribution in [3.63, 3.8) is 0 Å². The van der Waals surface area contributed by atoms with Gasteiger partial charge >= 0.3 is 0 Å². The van der Waals surface area contributed by atoms with Crippen LogP contribution in [0.3, 0.4) is 0 Å². The van der Waals surface area contributed by atoms with Gasteiger partial charge in [-0.15, -0.1) is 5.10 Å². The highest BCUT2D eigenvalue weighted by molar-refractivity contribution is 5.82. The number of nitrogens with zero attached hydrogens (tertiary/aromatic N) is 6. The molecule has 2 aliphatic rings. The normalized spacial score (nSPS) is 19.8. The number of amides is 2. The smallest absolute Gasteiger partial charge is 0.248 e. The van der Waals surface area contributed by atoms with E-state index in [0.717, 1.165) is 18.4 Å². The molecule has 166 valence electrons. The lowest BCUT2D eigenvalue weighted by molar-refractivity contribution is -0.138. The molecule has 0 bridgehead atoms. The molecule has 9 heteroatoms. The maximum absolute atomic E-state index is 13.4. The molecule has 9 nitrogen and oxygen atoms in total. The van der Waals surface area contributed by atoms with E-state index in [0.29, 0.717) is 38.6 Å². The van der Waals surface area contributed by atoms with Gasteiger partial charge in [-0.05, 0) is 35.8 Å². The summed E-state index contributed by atoms with van der Waals surface area (Å²) in [6.45, 7) is 4.50. The molecule has 1 saturated carbocycles. The molecule has 31 heavy (non-hydrogen) atoms. The number of tetrazole rings is 1. The minimum atomic E-state index is -0.480. The van der Waals surface area contributed by atoms with Crippen LogP contribution in [0.15, 0.2) is 36.7 Å². The van der Waals surface area contributed by atoms with E-state index in [1.165, 1.54) is 19.2 Å². The van der Waals surface area contributed by atoms with Crippen LogP contribution in [0.25, 0.3) is 0 Å². The third kappa shape index (κ3) is 5.28. The van der Waals surface area contributed by atoms with Crippen LogP contribution < -0.4 is 5.32 Å². The highest BCUT2D eigenvalue weighted by Gasteiger charge is 2.32. The summed E-state index contributed by atoms with van der Waals surface area (Å²) in [6.07, 6.45) is 6.60. The van der Waals surface area contributed by atoms with Gasteiger partial charge in [-0.25, -0.2) is 4.68 Å². The Kier molecular flexibility index (Phi) is 6.91. The molecular formula is C22H31N7O2. The van der Waals surface area contributed by atoms with E-state index in [9.17, 15) is 9.59 Å². The van der Waals surface area contributed by atoms with Crippen molar-refractivity contribution in [1.82, 2.24) is 35.3 Å². The molecule has 0 spiro atoms. The fourth-order valence-corrected chi connectivity index (χ4v) is 4.54. The summed E-state index contributed by atoms with van der Waals surface area (Å²) >= 11 is 0. The number of aromatic nitrogens is 4. The van der Waals surface area contributed by atoms with E-state index >= 15 is 0 Å². The van der Waals surface area contributed by atoms with E-state index in [2.05, 4.69) is 25.7 Å². The first kappa shape index (κ1) is 21.4. The predicted octanol–water partition coefficient (Wildman–Crippen LogP) is 1.05. The first-order valence-electron chi connectivity index (χ1n) is 11.2. The number of hydrogen-bond acceptors (Lipinski definition) is 6. The zero-order chi connectivity index (χ0) is 21.6. The number of piperazine rings is 1. The third-order valence-electron chi connectivity index (χ3n) is 6.50. The van der Waals surface area contributed by atoms with Crippen molar-refractivity contribution in [2.24, 2.45) is 0 Å². The van der Waals surface area contributed by atoms with Crippen molar-refractivity contribution in [2.75, 3.05) is 26.2 Å². The molecule has 2 atom stereocenters. The average Bonchev–Trinajstić information content (AvgIpc) is 3.52. The molecule has 1 aliphatic heterocycles. The minimum Gasteiger partial charge on any atom is -0.352 e. The summed E-state index contributed by atoms with van der Waals surface area (Å²) in [6, 6.07) is 9.57. The van der Waals surface area contributed by atoms with Gasteiger partial charge in [0.2, 0.25) is 11.8 Å². The number of benzene rings is 1. The SMILES string of the molecule is CC(C(=O)NC1CCCC1)N1CCN(C(=O)C(Cc2ccccc2)n2cnnn2)CC1. The van der Waals surface area contributed by atoms with Gasteiger partial charge in [0, 0.05) is 38.6 Å². The van der Waals surface area contributed by atoms with Crippen molar-refractivity contribution in [3.05, 3.63) is 42.2 Å². The van der Waals surface area contributed by atoms with E-state index in [1.807, 2.05) is 42.2 Å². The summed E-state index contributed by atoms with van der Waals surface area (Å²) < 4.78 is 1.54. The van der Waals surface area contributed by atoms with Crippen molar-refractivity contribution in [1.29, 1.82) is 0 Å². The highest BCUT2D eigenvalue weighted by atomic mass is 16.2. The van der Waals surface area contributed by atoms with E-state index in [-0.39, 0.29) is 17.9 Å². The van der Waals surface area contributed by atoms with Gasteiger partial charge < -0.3 is 10.2 Å². The zero-order valence-corrected chi connectivity index (χ0v) is 18.1. The summed E-state index contributed by atoms with van der Waals surface area (Å²) in [5.41, 5.74) is 1.06. The van der Waals surface area contributed by atoms with Crippen molar-refractivity contribution >= 4 is 11.8 Å². The van der Waals surface area contributed by atoms with E-state index in [4.69, 9.17) is 0 Å². The predicted molar refractivity (Wildman–Crippen MR) is 115 cm³/mol. The summed E-state index contributed by atoms with van der Waals surface area (Å²) in [7, 11) is 0. The first-order chi connectivity index (χ1) is 15.1. The minimum absolute atomic E-state index is 0.0128. The van der Waals surface area contributed by atoms with Gasteiger partial charge in [-0.1, -0.05) is 43.2 Å². The number of rotatable bonds is 7. The second kappa shape index (κ2) is 10.00. The number of nitrogens with one attached hydrogen (secondary N) is 1.